The van der Waals surface area contributed by atoms with E-state index in [1.807, 2.05) is 0 Å². The Balaban J connectivity index is 0.776. The fourth-order valence-electron chi connectivity index (χ4n) is 20.7. The first-order valence-corrected chi connectivity index (χ1v) is 44.8. The number of carbonyl (C=O) groups excluding carboxylic acids is 12. The molecule has 0 spiro atoms. The molecule has 0 aliphatic heterocycles. The molecule has 8 saturated carbocycles. The molecule has 20 atom stereocenters. The average Bonchev–Trinajstić information content (AvgIpc) is 0.806. The van der Waals surface area contributed by atoms with Crippen LogP contribution in [0.25, 0.3) is 0 Å². The van der Waals surface area contributed by atoms with Crippen LogP contribution in [0.2, 0.25) is 0 Å². The molecule has 8 unspecified atom stereocenters. The number of nitrogens with two attached hydrogens (primary N) is 5. The molecule has 114 heavy (non-hydrogen) atoms. The van der Waals surface area contributed by atoms with Gasteiger partial charge in [-0.25, -0.2) is 0 Å². The van der Waals surface area contributed by atoms with E-state index in [9.17, 15) is 53.1 Å². The number of aromatic hydroxyl groups is 1. The van der Waals surface area contributed by atoms with Crippen LogP contribution >= 0.6 is 0 Å². The number of unbranched alkanes of at least 4 members (excludes halogenated alkanes) is 3. The normalized spacial score (nSPS) is 29.1. The minimum absolute atomic E-state index is 0.0114. The Morgan fingerprint density at radius 3 is 0.921 bits per heavy atom. The molecule has 0 radical (unpaired) electrons. The Hall–Kier alpha value is -7.10. The number of benzene rings is 1. The predicted octanol–water partition coefficient (Wildman–Crippen LogP) is 6.95. The fourth-order valence-corrected chi connectivity index (χ4v) is 20.7. The smallest absolute Gasteiger partial charge is 0.225 e. The van der Waals surface area contributed by atoms with E-state index in [-0.39, 0.29) is 108 Å². The molecule has 8 aliphatic carbocycles. The summed E-state index contributed by atoms with van der Waals surface area (Å²) in [4.78, 5) is 171. The Bertz CT molecular complexity index is 3310. The number of carbonyl (C=O) groups is 12. The summed E-state index contributed by atoms with van der Waals surface area (Å²) in [5, 5.41) is 38.5. The average molecular weight is 1590 g/mol. The summed E-state index contributed by atoms with van der Waals surface area (Å²) in [5.74, 6) is -8.02. The van der Waals surface area contributed by atoms with E-state index in [0.29, 0.717) is 187 Å². The van der Waals surface area contributed by atoms with Crippen LogP contribution in [0.5, 0.6) is 5.75 Å². The Kier molecular flexibility index (Phi) is 37.7. The maximum atomic E-state index is 15.2. The minimum Gasteiger partial charge on any atom is -0.508 e. The minimum atomic E-state index is -0.649. The third-order valence-corrected chi connectivity index (χ3v) is 26.9. The van der Waals surface area contributed by atoms with Crippen LogP contribution in [0.1, 0.15) is 295 Å². The number of rotatable bonds is 41. The molecule has 0 heterocycles. The molecule has 20 N–H and O–H groups in total. The van der Waals surface area contributed by atoms with E-state index in [4.69, 9.17) is 28.7 Å². The summed E-state index contributed by atoms with van der Waals surface area (Å²) in [6, 6.07) is 2.06. The molecule has 0 aromatic heterocycles. The van der Waals surface area contributed by atoms with Gasteiger partial charge in [0.05, 0.1) is 23.7 Å². The summed E-state index contributed by atoms with van der Waals surface area (Å²) in [6.07, 6.45) is 28.1. The quantitative estimate of drug-likeness (QED) is 0.0295. The van der Waals surface area contributed by atoms with Crippen molar-refractivity contribution in [1.82, 2.24) is 47.9 Å². The molecule has 27 nitrogen and oxygen atoms in total. The maximum absolute atomic E-state index is 15.2. The number of phenolic OH excluding ortho intramolecular Hbond substituents is 1. The van der Waals surface area contributed by atoms with E-state index >= 15 is 9.59 Å². The van der Waals surface area contributed by atoms with E-state index in [1.165, 1.54) is 0 Å². The number of nitrogens with one attached hydrogen (secondary N) is 9. The Morgan fingerprint density at radius 1 is 0.316 bits per heavy atom. The highest BCUT2D eigenvalue weighted by Gasteiger charge is 2.47. The van der Waals surface area contributed by atoms with Crippen LogP contribution in [0, 0.1) is 59.2 Å². The van der Waals surface area contributed by atoms with Crippen molar-refractivity contribution in [2.75, 3.05) is 19.6 Å². The molecule has 27 heteroatoms. The molecular weight excluding hydrogens is 1450 g/mol. The second-order valence-corrected chi connectivity index (χ2v) is 35.4. The topological polar surface area (TPSA) is 463 Å². The largest absolute Gasteiger partial charge is 0.508 e. The lowest BCUT2D eigenvalue weighted by atomic mass is 9.69. The third-order valence-electron chi connectivity index (χ3n) is 26.9. The zero-order valence-corrected chi connectivity index (χ0v) is 68.2. The SMILES string of the molecule is NCCCC[C@@H](CC(=O)N[C@H]1CCCCC1C(=O)[C@@H]1CCCCC1C(=O)N[C@@H](CCCCN)CC(=O)N[C@H]1CCCCC1C(=O)[C@@H]1CCCCC1C(=O)N[C@@H](CCCCN)CC(=O)N[C@H]1CCCCC1C(=O)N[C@H]1CCCCC1C(N)=O)NC(=O)C1CCCC[C@@H]1NC(=O)C1CCCC[C@@H]1NC(=O)C[C@@H](N)Cc1ccc(O)cc1. The second-order valence-electron chi connectivity index (χ2n) is 35.4. The van der Waals surface area contributed by atoms with Crippen molar-refractivity contribution in [1.29, 1.82) is 0 Å². The summed E-state index contributed by atoms with van der Waals surface area (Å²) >= 11 is 0. The molecule has 1 aromatic carbocycles. The first kappa shape index (κ1) is 90.8. The van der Waals surface area contributed by atoms with Gasteiger partial charge in [-0.2, -0.15) is 0 Å². The number of ketones is 2. The first-order chi connectivity index (χ1) is 55.1. The summed E-state index contributed by atoms with van der Waals surface area (Å²) in [5.41, 5.74) is 30.9. The van der Waals surface area contributed by atoms with Crippen molar-refractivity contribution < 1.29 is 62.6 Å². The van der Waals surface area contributed by atoms with Crippen LogP contribution in [0.4, 0.5) is 0 Å². The number of amides is 10. The van der Waals surface area contributed by atoms with Gasteiger partial charge < -0.3 is 81.6 Å². The van der Waals surface area contributed by atoms with Crippen molar-refractivity contribution in [3.63, 3.8) is 0 Å². The summed E-state index contributed by atoms with van der Waals surface area (Å²) in [6.45, 7) is 1.31. The molecule has 638 valence electrons. The monoisotopic (exact) mass is 1590 g/mol. The fraction of sp³-hybridized carbons (Fsp3) is 0.793. The zero-order valence-electron chi connectivity index (χ0n) is 68.2. The third kappa shape index (κ3) is 27.8. The number of Topliss-reactive ketones (excluding diaryl/α,β-unsaturated/α-hetero) is 2. The van der Waals surface area contributed by atoms with Gasteiger partial charge in [0.25, 0.3) is 0 Å². The Morgan fingerprint density at radius 2 is 0.579 bits per heavy atom. The molecule has 8 fully saturated rings. The van der Waals surface area contributed by atoms with Crippen LogP contribution in [-0.4, -0.2) is 156 Å². The highest BCUT2D eigenvalue weighted by molar-refractivity contribution is 5.94. The Labute approximate surface area is 676 Å². The molecule has 8 aliphatic rings. The lowest BCUT2D eigenvalue weighted by Gasteiger charge is -2.38. The van der Waals surface area contributed by atoms with E-state index < -0.39 is 113 Å². The van der Waals surface area contributed by atoms with Crippen molar-refractivity contribution in [2.24, 2.45) is 87.8 Å². The summed E-state index contributed by atoms with van der Waals surface area (Å²) < 4.78 is 0. The molecule has 0 bridgehead atoms. The van der Waals surface area contributed by atoms with Gasteiger partial charge in [-0.1, -0.05) is 134 Å². The van der Waals surface area contributed by atoms with E-state index in [0.717, 1.165) is 108 Å². The van der Waals surface area contributed by atoms with E-state index in [2.05, 4.69) is 47.9 Å². The van der Waals surface area contributed by atoms with E-state index in [1.54, 1.807) is 24.3 Å². The number of primary amides is 1. The maximum Gasteiger partial charge on any atom is 0.225 e. The number of hydrogen-bond donors (Lipinski definition) is 15. The van der Waals surface area contributed by atoms with Gasteiger partial charge in [-0.05, 0) is 185 Å². The van der Waals surface area contributed by atoms with Gasteiger partial charge in [-0.15, -0.1) is 0 Å². The molecule has 0 saturated heterocycles. The summed E-state index contributed by atoms with van der Waals surface area (Å²) in [7, 11) is 0. The zero-order chi connectivity index (χ0) is 81.5. The molecule has 9 rings (SSSR count). The highest BCUT2D eigenvalue weighted by atomic mass is 16.3. The molecular formula is C87H142N14O13. The van der Waals surface area contributed by atoms with Crippen LogP contribution in [-0.2, 0) is 64.0 Å². The van der Waals surface area contributed by atoms with Gasteiger partial charge >= 0.3 is 0 Å². The van der Waals surface area contributed by atoms with Gasteiger partial charge in [0.15, 0.2) is 0 Å². The van der Waals surface area contributed by atoms with Crippen molar-refractivity contribution >= 4 is 70.6 Å². The predicted molar refractivity (Wildman–Crippen MR) is 436 cm³/mol. The lowest BCUT2D eigenvalue weighted by molar-refractivity contribution is -0.140. The van der Waals surface area contributed by atoms with Crippen LogP contribution in [0.15, 0.2) is 24.3 Å². The van der Waals surface area contributed by atoms with Gasteiger partial charge in [0.2, 0.25) is 59.1 Å². The lowest BCUT2D eigenvalue weighted by Crippen LogP contribution is -2.55. The van der Waals surface area contributed by atoms with Crippen LogP contribution in [0.3, 0.4) is 0 Å². The number of hydrogen-bond acceptors (Lipinski definition) is 17. The highest BCUT2D eigenvalue weighted by Crippen LogP contribution is 2.40. The second kappa shape index (κ2) is 47.3. The van der Waals surface area contributed by atoms with Crippen molar-refractivity contribution in [2.45, 2.75) is 356 Å². The first-order valence-electron chi connectivity index (χ1n) is 44.8. The molecule has 10 amide bonds. The standard InChI is InChI=1S/C87H142N14O13/c88-46-20-17-23-56(51-77(104)96-70-36-11-5-30-64(70)80(107)61-27-2-4-29-63(61)84(111)94-57(24-18-21-47-89)52-79(106)99-74-40-15-9-34-68(74)86(113)100-72-38-13-7-32-66(72)82(92)109)93-83(110)62-28-3-1-26-60(62)81(108)65-31-6-12-37-71(65)97-78(105)53-58(25-19-22-48-90)95-85(112)69-35-10-16-41-75(69)101-87(114)67-33-8-14-39-73(67)98-76(103)50-55(91)49-54-42-44-59(102)45-43-54/h42-45,55-58,60-75,102H,1-41,46-53,88-91H2,(H2,92,109)(H,93,110)(H,94,111)(H,95,112)(H,96,104)(H,97,105)(H,98,103)(H,99,106)(H,100,113)(H,101,114)/t55-,56-,57-,58-,60+,61+,62?,63?,64?,65?,66?,67?,68?,69?,70-,71-,72-,73-,74-,75-/m0/s1. The van der Waals surface area contributed by atoms with Crippen molar-refractivity contribution in [3.05, 3.63) is 29.8 Å². The van der Waals surface area contributed by atoms with Gasteiger partial charge in [0.1, 0.15) is 17.3 Å². The number of phenols is 1. The van der Waals surface area contributed by atoms with Crippen LogP contribution < -0.4 is 76.5 Å². The van der Waals surface area contributed by atoms with Gasteiger partial charge in [0, 0.05) is 122 Å². The van der Waals surface area contributed by atoms with Gasteiger partial charge in [-0.3, -0.25) is 57.5 Å². The van der Waals surface area contributed by atoms with Crippen molar-refractivity contribution in [3.8, 4) is 5.75 Å². The molecule has 1 aromatic rings.